The monoisotopic (exact) mass is 338 g/mol. The van der Waals surface area contributed by atoms with Crippen molar-refractivity contribution in [3.63, 3.8) is 0 Å². The molecule has 1 saturated heterocycles. The molecule has 0 aromatic heterocycles. The minimum absolute atomic E-state index is 0.257. The maximum absolute atomic E-state index is 6.06. The van der Waals surface area contributed by atoms with E-state index in [2.05, 4.69) is 59.8 Å². The van der Waals surface area contributed by atoms with E-state index >= 15 is 0 Å². The molecule has 0 spiro atoms. The quantitative estimate of drug-likeness (QED) is 0.890. The fraction of sp³-hybridized carbons (Fsp3) is 0.647. The van der Waals surface area contributed by atoms with Crippen LogP contribution >= 0.6 is 15.9 Å². The second-order valence-electron chi connectivity index (χ2n) is 6.50. The molecule has 112 valence electrons. The lowest BCUT2D eigenvalue weighted by Crippen LogP contribution is -2.38. The van der Waals surface area contributed by atoms with Crippen LogP contribution < -0.4 is 10.6 Å². The minimum Gasteiger partial charge on any atom is -0.371 e. The first-order chi connectivity index (χ1) is 9.49. The molecule has 1 fully saturated rings. The van der Waals surface area contributed by atoms with Crippen molar-refractivity contribution in [3.8, 4) is 0 Å². The highest BCUT2D eigenvalue weighted by atomic mass is 79.9. The van der Waals surface area contributed by atoms with Gasteiger partial charge in [-0.15, -0.1) is 0 Å². The Morgan fingerprint density at radius 2 is 1.95 bits per heavy atom. The third kappa shape index (κ3) is 3.98. The van der Waals surface area contributed by atoms with Crippen molar-refractivity contribution < 1.29 is 0 Å². The smallest absolute Gasteiger partial charge is 0.0377 e. The topological polar surface area (TPSA) is 29.3 Å². The summed E-state index contributed by atoms with van der Waals surface area (Å²) in [5, 5.41) is 0. The summed E-state index contributed by atoms with van der Waals surface area (Å²) in [7, 11) is 0. The summed E-state index contributed by atoms with van der Waals surface area (Å²) in [6.07, 6.45) is 3.32. The van der Waals surface area contributed by atoms with E-state index in [1.807, 2.05) is 0 Å². The molecule has 3 heteroatoms. The van der Waals surface area contributed by atoms with Gasteiger partial charge in [0.25, 0.3) is 0 Å². The molecule has 1 aliphatic rings. The number of nitrogens with two attached hydrogens (primary N) is 1. The summed E-state index contributed by atoms with van der Waals surface area (Å²) in [4.78, 5) is 2.52. The Morgan fingerprint density at radius 1 is 1.30 bits per heavy atom. The molecule has 3 atom stereocenters. The number of nitrogens with zero attached hydrogens (tertiary/aromatic N) is 1. The van der Waals surface area contributed by atoms with Crippen molar-refractivity contribution in [2.45, 2.75) is 46.1 Å². The summed E-state index contributed by atoms with van der Waals surface area (Å²) in [5.74, 6) is 1.57. The molecule has 0 saturated carbocycles. The molecule has 0 radical (unpaired) electrons. The summed E-state index contributed by atoms with van der Waals surface area (Å²) in [6.45, 7) is 9.19. The van der Waals surface area contributed by atoms with Gasteiger partial charge in [0, 0.05) is 29.3 Å². The van der Waals surface area contributed by atoms with Crippen molar-refractivity contribution >= 4 is 21.6 Å². The maximum atomic E-state index is 6.06. The summed E-state index contributed by atoms with van der Waals surface area (Å²) < 4.78 is 1.20. The molecule has 2 nitrogen and oxygen atoms in total. The average Bonchev–Trinajstić information content (AvgIpc) is 2.39. The first-order valence-corrected chi connectivity index (χ1v) is 8.57. The Labute approximate surface area is 131 Å². The number of rotatable bonds is 4. The molecular weight excluding hydrogens is 312 g/mol. The van der Waals surface area contributed by atoms with Gasteiger partial charge in [-0.1, -0.05) is 42.8 Å². The van der Waals surface area contributed by atoms with Gasteiger partial charge in [-0.25, -0.2) is 0 Å². The highest BCUT2D eigenvalue weighted by Crippen LogP contribution is 2.30. The van der Waals surface area contributed by atoms with Gasteiger partial charge in [0.2, 0.25) is 0 Å². The first kappa shape index (κ1) is 15.8. The van der Waals surface area contributed by atoms with Crippen molar-refractivity contribution in [2.75, 3.05) is 18.0 Å². The maximum Gasteiger partial charge on any atom is 0.0377 e. The SMILES string of the molecule is CCC(N)Cc1ccc(N2CC(C)CC(C)C2)cc1Br. The summed E-state index contributed by atoms with van der Waals surface area (Å²) in [5.41, 5.74) is 8.72. The van der Waals surface area contributed by atoms with Crippen molar-refractivity contribution in [2.24, 2.45) is 17.6 Å². The number of piperidine rings is 1. The van der Waals surface area contributed by atoms with Crippen LogP contribution in [0.1, 0.15) is 39.2 Å². The Kier molecular flexibility index (Phi) is 5.50. The number of hydrogen-bond donors (Lipinski definition) is 1. The third-order valence-corrected chi connectivity index (χ3v) is 5.02. The molecule has 1 aromatic rings. The molecule has 1 heterocycles. The number of anilines is 1. The van der Waals surface area contributed by atoms with Gasteiger partial charge in [-0.05, 0) is 48.8 Å². The van der Waals surface area contributed by atoms with Gasteiger partial charge in [-0.2, -0.15) is 0 Å². The molecule has 2 N–H and O–H groups in total. The predicted octanol–water partition coefficient (Wildman–Crippen LogP) is 4.21. The Hall–Kier alpha value is -0.540. The average molecular weight is 339 g/mol. The van der Waals surface area contributed by atoms with Gasteiger partial charge >= 0.3 is 0 Å². The highest BCUT2D eigenvalue weighted by molar-refractivity contribution is 9.10. The fourth-order valence-corrected chi connectivity index (χ4v) is 3.73. The molecule has 0 bridgehead atoms. The third-order valence-electron chi connectivity index (χ3n) is 4.28. The molecule has 1 aliphatic heterocycles. The van der Waals surface area contributed by atoms with Crippen molar-refractivity contribution in [3.05, 3.63) is 28.2 Å². The van der Waals surface area contributed by atoms with Crippen LogP contribution in [0.25, 0.3) is 0 Å². The Balaban J connectivity index is 2.12. The lowest BCUT2D eigenvalue weighted by molar-refractivity contribution is 0.357. The van der Waals surface area contributed by atoms with E-state index in [4.69, 9.17) is 5.73 Å². The van der Waals surface area contributed by atoms with Gasteiger partial charge < -0.3 is 10.6 Å². The zero-order valence-electron chi connectivity index (χ0n) is 12.9. The van der Waals surface area contributed by atoms with Crippen LogP contribution in [0.5, 0.6) is 0 Å². The van der Waals surface area contributed by atoms with Gasteiger partial charge in [0.15, 0.2) is 0 Å². The molecule has 0 amide bonds. The van der Waals surface area contributed by atoms with Crippen molar-refractivity contribution in [1.82, 2.24) is 0 Å². The standard InChI is InChI=1S/C17H27BrN2/c1-4-15(19)8-14-5-6-16(9-17(14)18)20-10-12(2)7-13(3)11-20/h5-6,9,12-13,15H,4,7-8,10-11,19H2,1-3H3. The number of benzene rings is 1. The molecule has 2 rings (SSSR count). The van der Waals surface area contributed by atoms with Crippen LogP contribution in [0.4, 0.5) is 5.69 Å². The van der Waals surface area contributed by atoms with Gasteiger partial charge in [0.1, 0.15) is 0 Å². The normalized spacial score (nSPS) is 24.8. The van der Waals surface area contributed by atoms with Crippen LogP contribution in [-0.4, -0.2) is 19.1 Å². The van der Waals surface area contributed by atoms with Crippen LogP contribution in [-0.2, 0) is 6.42 Å². The van der Waals surface area contributed by atoms with E-state index in [9.17, 15) is 0 Å². The summed E-state index contributed by atoms with van der Waals surface area (Å²) >= 11 is 3.72. The molecule has 1 aromatic carbocycles. The fourth-order valence-electron chi connectivity index (χ4n) is 3.20. The number of halogens is 1. The van der Waals surface area contributed by atoms with Crippen LogP contribution in [0.15, 0.2) is 22.7 Å². The molecule has 0 aliphatic carbocycles. The second kappa shape index (κ2) is 6.95. The van der Waals surface area contributed by atoms with E-state index < -0.39 is 0 Å². The van der Waals surface area contributed by atoms with E-state index in [1.165, 1.54) is 35.2 Å². The first-order valence-electron chi connectivity index (χ1n) is 7.78. The summed E-state index contributed by atoms with van der Waals surface area (Å²) in [6, 6.07) is 7.02. The molecular formula is C17H27BrN2. The van der Waals surface area contributed by atoms with E-state index in [-0.39, 0.29) is 6.04 Å². The van der Waals surface area contributed by atoms with Gasteiger partial charge in [0.05, 0.1) is 0 Å². The zero-order valence-corrected chi connectivity index (χ0v) is 14.5. The van der Waals surface area contributed by atoms with Crippen molar-refractivity contribution in [1.29, 1.82) is 0 Å². The largest absolute Gasteiger partial charge is 0.371 e. The second-order valence-corrected chi connectivity index (χ2v) is 7.35. The van der Waals surface area contributed by atoms with E-state index in [1.54, 1.807) is 0 Å². The van der Waals surface area contributed by atoms with E-state index in [0.717, 1.165) is 24.7 Å². The molecule has 3 unspecified atom stereocenters. The Morgan fingerprint density at radius 3 is 2.50 bits per heavy atom. The van der Waals surface area contributed by atoms with Crippen LogP contribution in [0.2, 0.25) is 0 Å². The highest BCUT2D eigenvalue weighted by Gasteiger charge is 2.22. The lowest BCUT2D eigenvalue weighted by Gasteiger charge is -2.36. The number of hydrogen-bond acceptors (Lipinski definition) is 2. The molecule has 20 heavy (non-hydrogen) atoms. The lowest BCUT2D eigenvalue weighted by atomic mass is 9.91. The van der Waals surface area contributed by atoms with Gasteiger partial charge in [-0.3, -0.25) is 0 Å². The zero-order chi connectivity index (χ0) is 14.7. The predicted molar refractivity (Wildman–Crippen MR) is 91.3 cm³/mol. The Bertz CT molecular complexity index is 437. The minimum atomic E-state index is 0.257. The van der Waals surface area contributed by atoms with Crippen LogP contribution in [0, 0.1) is 11.8 Å². The van der Waals surface area contributed by atoms with E-state index in [0.29, 0.717) is 0 Å². The van der Waals surface area contributed by atoms with Crippen LogP contribution in [0.3, 0.4) is 0 Å².